The van der Waals surface area contributed by atoms with Crippen molar-refractivity contribution in [1.82, 2.24) is 0 Å². The molecule has 0 saturated heterocycles. The van der Waals surface area contributed by atoms with Crippen LogP contribution in [-0.4, -0.2) is 24.3 Å². The van der Waals surface area contributed by atoms with Crippen molar-refractivity contribution in [3.63, 3.8) is 0 Å². The van der Waals surface area contributed by atoms with Crippen molar-refractivity contribution in [3.8, 4) is 6.07 Å². The monoisotopic (exact) mass is 167 g/mol. The zero-order chi connectivity index (χ0) is 9.56. The smallest absolute Gasteiger partial charge is 0.338 e. The Morgan fingerprint density at radius 1 is 1.58 bits per heavy atom. The second-order valence-corrected chi connectivity index (χ2v) is 1.93. The van der Waals surface area contributed by atoms with E-state index < -0.39 is 5.97 Å². The normalized spacial score (nSPS) is 8.33. The lowest BCUT2D eigenvalue weighted by Gasteiger charge is -2.02. The van der Waals surface area contributed by atoms with Gasteiger partial charge in [-0.15, -0.1) is 0 Å². The van der Waals surface area contributed by atoms with Crippen LogP contribution in [0.5, 0.6) is 0 Å². The van der Waals surface area contributed by atoms with Crippen LogP contribution in [0.4, 0.5) is 0 Å². The van der Waals surface area contributed by atoms with Gasteiger partial charge in [-0.05, 0) is 0 Å². The van der Waals surface area contributed by atoms with E-state index in [1.807, 2.05) is 0 Å². The minimum atomic E-state index is -0.726. The first kappa shape index (κ1) is 10.4. The van der Waals surface area contributed by atoms with Gasteiger partial charge in [-0.3, -0.25) is 0 Å². The third-order valence-electron chi connectivity index (χ3n) is 1.07. The Morgan fingerprint density at radius 3 is 2.58 bits per heavy atom. The number of hydrogen-bond acceptors (Lipinski definition) is 4. The first-order chi connectivity index (χ1) is 5.63. The topological polar surface area (TPSA) is 70.3 Å². The SMILES string of the molecule is C=C(C#N)C(=C)C(=O)OCCO. The van der Waals surface area contributed by atoms with Crippen LogP contribution >= 0.6 is 0 Å². The van der Waals surface area contributed by atoms with Crippen LogP contribution in [0, 0.1) is 11.3 Å². The summed E-state index contributed by atoms with van der Waals surface area (Å²) in [5.41, 5.74) is -0.108. The highest BCUT2D eigenvalue weighted by Gasteiger charge is 2.10. The minimum Gasteiger partial charge on any atom is -0.460 e. The lowest BCUT2D eigenvalue weighted by Crippen LogP contribution is -2.10. The highest BCUT2D eigenvalue weighted by atomic mass is 16.5. The van der Waals surface area contributed by atoms with Gasteiger partial charge in [0.25, 0.3) is 0 Å². The molecule has 4 nitrogen and oxygen atoms in total. The number of rotatable bonds is 4. The highest BCUT2D eigenvalue weighted by Crippen LogP contribution is 2.05. The van der Waals surface area contributed by atoms with Crippen LogP contribution in [0.2, 0.25) is 0 Å². The molecule has 0 aliphatic rings. The van der Waals surface area contributed by atoms with Crippen LogP contribution < -0.4 is 0 Å². The molecular formula is C8H9NO3. The number of ether oxygens (including phenoxy) is 1. The Kier molecular flexibility index (Phi) is 4.42. The number of carbonyl (C=O) groups excluding carboxylic acids is 1. The van der Waals surface area contributed by atoms with E-state index in [2.05, 4.69) is 17.9 Å². The van der Waals surface area contributed by atoms with Crippen molar-refractivity contribution in [2.45, 2.75) is 0 Å². The zero-order valence-corrected chi connectivity index (χ0v) is 6.54. The van der Waals surface area contributed by atoms with E-state index in [-0.39, 0.29) is 24.4 Å². The van der Waals surface area contributed by atoms with E-state index in [9.17, 15) is 4.79 Å². The van der Waals surface area contributed by atoms with Crippen molar-refractivity contribution >= 4 is 5.97 Å². The Labute approximate surface area is 70.4 Å². The molecule has 0 aliphatic heterocycles. The number of aliphatic hydroxyl groups is 1. The van der Waals surface area contributed by atoms with Crippen LogP contribution in [0.15, 0.2) is 24.3 Å². The number of esters is 1. The van der Waals surface area contributed by atoms with Gasteiger partial charge in [-0.2, -0.15) is 5.26 Å². The summed E-state index contributed by atoms with van der Waals surface area (Å²) in [6.07, 6.45) is 0. The first-order valence-corrected chi connectivity index (χ1v) is 3.19. The number of nitrogens with zero attached hydrogens (tertiary/aromatic N) is 1. The average molecular weight is 167 g/mol. The molecule has 0 spiro atoms. The minimum absolute atomic E-state index is 0.0297. The summed E-state index contributed by atoms with van der Waals surface area (Å²) >= 11 is 0. The maximum Gasteiger partial charge on any atom is 0.338 e. The van der Waals surface area contributed by atoms with E-state index in [1.54, 1.807) is 6.07 Å². The molecule has 0 aromatic heterocycles. The van der Waals surface area contributed by atoms with Gasteiger partial charge in [0.2, 0.25) is 0 Å². The van der Waals surface area contributed by atoms with Crippen LogP contribution in [0.1, 0.15) is 0 Å². The molecule has 0 aliphatic carbocycles. The zero-order valence-electron chi connectivity index (χ0n) is 6.54. The molecule has 0 rings (SSSR count). The number of carbonyl (C=O) groups is 1. The fourth-order valence-corrected chi connectivity index (χ4v) is 0.416. The standard InChI is InChI=1S/C8H9NO3/c1-6(5-9)7(2)8(11)12-4-3-10/h10H,1-4H2. The van der Waals surface area contributed by atoms with Gasteiger partial charge in [0.05, 0.1) is 23.8 Å². The molecule has 0 fully saturated rings. The summed E-state index contributed by atoms with van der Waals surface area (Å²) < 4.78 is 4.48. The van der Waals surface area contributed by atoms with Gasteiger partial charge in [0, 0.05) is 0 Å². The third-order valence-corrected chi connectivity index (χ3v) is 1.07. The molecule has 0 aromatic rings. The molecule has 4 heteroatoms. The van der Waals surface area contributed by atoms with E-state index in [4.69, 9.17) is 10.4 Å². The maximum absolute atomic E-state index is 10.9. The number of aliphatic hydroxyl groups excluding tert-OH is 1. The molecule has 1 N–H and O–H groups in total. The molecule has 0 atom stereocenters. The fraction of sp³-hybridized carbons (Fsp3) is 0.250. The lowest BCUT2D eigenvalue weighted by atomic mass is 10.1. The summed E-state index contributed by atoms with van der Waals surface area (Å²) in [5.74, 6) is -0.726. The fourth-order valence-electron chi connectivity index (χ4n) is 0.416. The summed E-state index contributed by atoms with van der Waals surface area (Å²) in [4.78, 5) is 10.9. The van der Waals surface area contributed by atoms with Crippen LogP contribution in [0.3, 0.4) is 0 Å². The van der Waals surface area contributed by atoms with Crippen LogP contribution in [0.25, 0.3) is 0 Å². The molecule has 12 heavy (non-hydrogen) atoms. The molecule has 0 bridgehead atoms. The van der Waals surface area contributed by atoms with Gasteiger partial charge in [-0.25, -0.2) is 4.79 Å². The van der Waals surface area contributed by atoms with Gasteiger partial charge in [0.15, 0.2) is 0 Å². The van der Waals surface area contributed by atoms with Crippen molar-refractivity contribution in [2.24, 2.45) is 0 Å². The molecule has 64 valence electrons. The van der Waals surface area contributed by atoms with E-state index in [0.29, 0.717) is 0 Å². The summed E-state index contributed by atoms with van der Waals surface area (Å²) in [5, 5.41) is 16.6. The second kappa shape index (κ2) is 5.10. The Balaban J connectivity index is 4.05. The Bertz CT molecular complexity index is 250. The predicted molar refractivity (Wildman–Crippen MR) is 41.9 cm³/mol. The summed E-state index contributed by atoms with van der Waals surface area (Å²) in [6.45, 7) is 6.23. The average Bonchev–Trinajstić information content (AvgIpc) is 2.11. The quantitative estimate of drug-likeness (QED) is 0.280. The van der Waals surface area contributed by atoms with Gasteiger partial charge < -0.3 is 9.84 Å². The van der Waals surface area contributed by atoms with Crippen molar-refractivity contribution in [1.29, 1.82) is 5.26 Å². The second-order valence-electron chi connectivity index (χ2n) is 1.93. The van der Waals surface area contributed by atoms with Gasteiger partial charge in [-0.1, -0.05) is 13.2 Å². The van der Waals surface area contributed by atoms with Crippen molar-refractivity contribution in [3.05, 3.63) is 24.3 Å². The lowest BCUT2D eigenvalue weighted by molar-refractivity contribution is -0.139. The third kappa shape index (κ3) is 2.99. The first-order valence-electron chi connectivity index (χ1n) is 3.19. The van der Waals surface area contributed by atoms with Gasteiger partial charge in [0.1, 0.15) is 6.61 Å². The molecular weight excluding hydrogens is 158 g/mol. The maximum atomic E-state index is 10.9. The highest BCUT2D eigenvalue weighted by molar-refractivity contribution is 5.93. The van der Waals surface area contributed by atoms with E-state index >= 15 is 0 Å². The predicted octanol–water partition coefficient (Wildman–Crippen LogP) is 0.158. The molecule has 0 saturated carbocycles. The number of hydrogen-bond donors (Lipinski definition) is 1. The Hall–Kier alpha value is -1.60. The molecule has 0 heterocycles. The molecule has 0 unspecified atom stereocenters. The summed E-state index contributed by atoms with van der Waals surface area (Å²) in [7, 11) is 0. The van der Waals surface area contributed by atoms with Crippen molar-refractivity contribution < 1.29 is 14.6 Å². The van der Waals surface area contributed by atoms with Gasteiger partial charge >= 0.3 is 5.97 Å². The molecule has 0 aromatic carbocycles. The summed E-state index contributed by atoms with van der Waals surface area (Å²) in [6, 6.07) is 1.66. The Morgan fingerprint density at radius 2 is 2.17 bits per heavy atom. The number of nitriles is 1. The molecule has 0 amide bonds. The van der Waals surface area contributed by atoms with Crippen molar-refractivity contribution in [2.75, 3.05) is 13.2 Å². The van der Waals surface area contributed by atoms with E-state index in [1.165, 1.54) is 0 Å². The van der Waals surface area contributed by atoms with Crippen LogP contribution in [-0.2, 0) is 9.53 Å². The largest absolute Gasteiger partial charge is 0.460 e. The van der Waals surface area contributed by atoms with E-state index in [0.717, 1.165) is 0 Å². The molecule has 0 radical (unpaired) electrons.